The summed E-state index contributed by atoms with van der Waals surface area (Å²) in [6, 6.07) is 14.8. The summed E-state index contributed by atoms with van der Waals surface area (Å²) in [5, 5.41) is 3.54. The molecule has 0 spiro atoms. The summed E-state index contributed by atoms with van der Waals surface area (Å²) in [5.41, 5.74) is 2.59. The molecule has 2 N–H and O–H groups in total. The van der Waals surface area contributed by atoms with Crippen LogP contribution in [0.5, 0.6) is 0 Å². The zero-order chi connectivity index (χ0) is 20.9. The van der Waals surface area contributed by atoms with Gasteiger partial charge < -0.3 is 10.2 Å². The van der Waals surface area contributed by atoms with E-state index in [1.807, 2.05) is 43.3 Å². The third-order valence-electron chi connectivity index (χ3n) is 5.36. The summed E-state index contributed by atoms with van der Waals surface area (Å²) in [7, 11) is -1.45. The first-order valence-corrected chi connectivity index (χ1v) is 11.6. The third-order valence-corrected chi connectivity index (χ3v) is 6.74. The van der Waals surface area contributed by atoms with Gasteiger partial charge in [0.05, 0.1) is 10.6 Å². The van der Waals surface area contributed by atoms with Crippen LogP contribution in [-0.2, 0) is 16.6 Å². The molecule has 1 aliphatic heterocycles. The predicted molar refractivity (Wildman–Crippen MR) is 119 cm³/mol. The van der Waals surface area contributed by atoms with Gasteiger partial charge in [-0.3, -0.25) is 9.62 Å². The van der Waals surface area contributed by atoms with Crippen molar-refractivity contribution in [2.24, 2.45) is 0 Å². The van der Waals surface area contributed by atoms with E-state index in [9.17, 15) is 8.42 Å². The number of aryl methyl sites for hydroxylation is 1. The van der Waals surface area contributed by atoms with E-state index < -0.39 is 10.0 Å². The molecule has 0 radical (unpaired) electrons. The maximum atomic E-state index is 12.8. The van der Waals surface area contributed by atoms with Gasteiger partial charge in [0.15, 0.2) is 0 Å². The van der Waals surface area contributed by atoms with Gasteiger partial charge in [0.1, 0.15) is 0 Å². The lowest BCUT2D eigenvalue weighted by molar-refractivity contribution is 0.144. The quantitative estimate of drug-likeness (QED) is 0.692. The van der Waals surface area contributed by atoms with Crippen LogP contribution in [-0.4, -0.2) is 64.0 Å². The van der Waals surface area contributed by atoms with Crippen LogP contribution in [0.15, 0.2) is 53.4 Å². The zero-order valence-electron chi connectivity index (χ0n) is 17.6. The number of hydrogen-bond acceptors (Lipinski definition) is 5. The molecule has 2 aromatic rings. The van der Waals surface area contributed by atoms with Gasteiger partial charge in [0.2, 0.25) is 0 Å². The van der Waals surface area contributed by atoms with Crippen molar-refractivity contribution in [3.8, 4) is 0 Å². The Morgan fingerprint density at radius 1 is 1.00 bits per heavy atom. The molecule has 6 nitrogen and oxygen atoms in total. The van der Waals surface area contributed by atoms with E-state index in [1.54, 1.807) is 12.1 Å². The molecule has 2 aromatic carbocycles. The molecule has 0 saturated carbocycles. The Labute approximate surface area is 175 Å². The summed E-state index contributed by atoms with van der Waals surface area (Å²) in [5.74, 6) is 0. The Hall–Kier alpha value is -1.93. The van der Waals surface area contributed by atoms with Crippen LogP contribution in [0.1, 0.15) is 18.1 Å². The molecule has 0 bridgehead atoms. The second-order valence-corrected chi connectivity index (χ2v) is 9.64. The highest BCUT2D eigenvalue weighted by molar-refractivity contribution is 7.92. The summed E-state index contributed by atoms with van der Waals surface area (Å²) >= 11 is 0. The van der Waals surface area contributed by atoms with Crippen molar-refractivity contribution in [3.63, 3.8) is 0 Å². The SMILES string of the molecule is Cc1ccc(S(=O)(=O)Nc2ccccc2CNC(C)CN2CCN(C)CC2)cc1. The number of hydrogen-bond donors (Lipinski definition) is 2. The van der Waals surface area contributed by atoms with Crippen molar-refractivity contribution in [3.05, 3.63) is 59.7 Å². The molecular weight excluding hydrogens is 384 g/mol. The molecule has 158 valence electrons. The van der Waals surface area contributed by atoms with E-state index in [0.717, 1.165) is 43.9 Å². The highest BCUT2D eigenvalue weighted by Crippen LogP contribution is 2.20. The average Bonchev–Trinajstić information content (AvgIpc) is 2.69. The van der Waals surface area contributed by atoms with Crippen LogP contribution < -0.4 is 10.0 Å². The van der Waals surface area contributed by atoms with Crippen LogP contribution in [0.4, 0.5) is 5.69 Å². The van der Waals surface area contributed by atoms with Gasteiger partial charge in [-0.15, -0.1) is 0 Å². The highest BCUT2D eigenvalue weighted by Gasteiger charge is 2.18. The fourth-order valence-corrected chi connectivity index (χ4v) is 4.56. The topological polar surface area (TPSA) is 64.7 Å². The third kappa shape index (κ3) is 6.27. The molecule has 29 heavy (non-hydrogen) atoms. The number of anilines is 1. The minimum absolute atomic E-state index is 0.272. The number of benzene rings is 2. The van der Waals surface area contributed by atoms with Gasteiger partial charge in [-0.2, -0.15) is 0 Å². The van der Waals surface area contributed by atoms with Crippen molar-refractivity contribution in [1.82, 2.24) is 15.1 Å². The van der Waals surface area contributed by atoms with E-state index in [-0.39, 0.29) is 4.90 Å². The lowest BCUT2D eigenvalue weighted by atomic mass is 10.1. The summed E-state index contributed by atoms with van der Waals surface area (Å²) < 4.78 is 28.2. The number of piperazine rings is 1. The van der Waals surface area contributed by atoms with E-state index in [0.29, 0.717) is 18.3 Å². The summed E-state index contributed by atoms with van der Waals surface area (Å²) in [4.78, 5) is 5.10. The molecule has 1 fully saturated rings. The summed E-state index contributed by atoms with van der Waals surface area (Å²) in [6.07, 6.45) is 0. The van der Waals surface area contributed by atoms with Gasteiger partial charge in [-0.25, -0.2) is 8.42 Å². The van der Waals surface area contributed by atoms with Crippen LogP contribution in [0, 0.1) is 6.92 Å². The Balaban J connectivity index is 1.60. The first-order chi connectivity index (χ1) is 13.8. The second kappa shape index (κ2) is 9.71. The lowest BCUT2D eigenvalue weighted by Gasteiger charge is -2.34. The first kappa shape index (κ1) is 21.8. The van der Waals surface area contributed by atoms with Crippen LogP contribution in [0.25, 0.3) is 0 Å². The maximum absolute atomic E-state index is 12.8. The molecule has 1 atom stereocenters. The Morgan fingerprint density at radius 2 is 1.66 bits per heavy atom. The van der Waals surface area contributed by atoms with Gasteiger partial charge >= 0.3 is 0 Å². The van der Waals surface area contributed by atoms with Gasteiger partial charge in [0, 0.05) is 45.3 Å². The molecule has 1 aliphatic rings. The molecule has 0 aliphatic carbocycles. The molecular formula is C22H32N4O2S. The molecule has 1 unspecified atom stereocenters. The molecule has 7 heteroatoms. The largest absolute Gasteiger partial charge is 0.309 e. The number of likely N-dealkylation sites (N-methyl/N-ethyl adjacent to an activating group) is 1. The monoisotopic (exact) mass is 416 g/mol. The second-order valence-electron chi connectivity index (χ2n) is 7.96. The number of para-hydroxylation sites is 1. The zero-order valence-corrected chi connectivity index (χ0v) is 18.4. The van der Waals surface area contributed by atoms with Crippen molar-refractivity contribution in [2.45, 2.75) is 31.3 Å². The Morgan fingerprint density at radius 3 is 2.34 bits per heavy atom. The van der Waals surface area contributed by atoms with Crippen LogP contribution >= 0.6 is 0 Å². The fraction of sp³-hybridized carbons (Fsp3) is 0.455. The average molecular weight is 417 g/mol. The lowest BCUT2D eigenvalue weighted by Crippen LogP contribution is -2.48. The van der Waals surface area contributed by atoms with Crippen molar-refractivity contribution in [2.75, 3.05) is 44.5 Å². The Bertz CT molecular complexity index is 891. The minimum atomic E-state index is -3.61. The normalized spacial score (nSPS) is 17.2. The van der Waals surface area contributed by atoms with Gasteiger partial charge in [-0.1, -0.05) is 35.9 Å². The highest BCUT2D eigenvalue weighted by atomic mass is 32.2. The number of nitrogens with zero attached hydrogens (tertiary/aromatic N) is 2. The number of nitrogens with one attached hydrogen (secondary N) is 2. The van der Waals surface area contributed by atoms with E-state index in [1.165, 1.54) is 0 Å². The van der Waals surface area contributed by atoms with Gasteiger partial charge in [0.25, 0.3) is 10.0 Å². The minimum Gasteiger partial charge on any atom is -0.309 e. The molecule has 1 heterocycles. The van der Waals surface area contributed by atoms with Gasteiger partial charge in [-0.05, 0) is 44.7 Å². The van der Waals surface area contributed by atoms with Crippen LogP contribution in [0.3, 0.4) is 0 Å². The van der Waals surface area contributed by atoms with E-state index in [4.69, 9.17) is 0 Å². The molecule has 0 aromatic heterocycles. The smallest absolute Gasteiger partial charge is 0.261 e. The summed E-state index contributed by atoms with van der Waals surface area (Å²) in [6.45, 7) is 10.1. The van der Waals surface area contributed by atoms with Crippen LogP contribution in [0.2, 0.25) is 0 Å². The van der Waals surface area contributed by atoms with Crippen molar-refractivity contribution in [1.29, 1.82) is 0 Å². The Kier molecular flexibility index (Phi) is 7.29. The van der Waals surface area contributed by atoms with Crippen molar-refractivity contribution < 1.29 is 8.42 Å². The standard InChI is InChI=1S/C22H32N4O2S/c1-18-8-10-21(11-9-18)29(27,28)24-22-7-5-4-6-20(22)16-23-19(2)17-26-14-12-25(3)13-15-26/h4-11,19,23-24H,12-17H2,1-3H3. The number of rotatable bonds is 8. The molecule has 3 rings (SSSR count). The predicted octanol–water partition coefficient (Wildman–Crippen LogP) is 2.52. The molecule has 1 saturated heterocycles. The van der Waals surface area contributed by atoms with E-state index >= 15 is 0 Å². The van der Waals surface area contributed by atoms with Crippen molar-refractivity contribution >= 4 is 15.7 Å². The first-order valence-electron chi connectivity index (χ1n) is 10.2. The maximum Gasteiger partial charge on any atom is 0.261 e. The fourth-order valence-electron chi connectivity index (χ4n) is 3.46. The molecule has 0 amide bonds. The van der Waals surface area contributed by atoms with E-state index in [2.05, 4.69) is 33.8 Å². The number of sulfonamides is 1.